The van der Waals surface area contributed by atoms with Crippen molar-refractivity contribution < 1.29 is 8.42 Å². The van der Waals surface area contributed by atoms with E-state index in [9.17, 15) is 8.42 Å². The van der Waals surface area contributed by atoms with Gasteiger partial charge >= 0.3 is 0 Å². The third kappa shape index (κ3) is 5.04. The van der Waals surface area contributed by atoms with Crippen molar-refractivity contribution in [2.45, 2.75) is 12.8 Å². The average Bonchev–Trinajstić information content (AvgIpc) is 2.12. The Morgan fingerprint density at radius 3 is 2.73 bits per heavy atom. The fourth-order valence-corrected chi connectivity index (χ4v) is 1.96. The van der Waals surface area contributed by atoms with Crippen LogP contribution in [0.4, 0.5) is 5.69 Å². The Morgan fingerprint density at radius 2 is 2.13 bits per heavy atom. The molecule has 0 unspecified atom stereocenters. The van der Waals surface area contributed by atoms with E-state index in [-0.39, 0.29) is 0 Å². The molecule has 15 heavy (non-hydrogen) atoms. The molecule has 1 rings (SSSR count). The second kappa shape index (κ2) is 5.37. The summed E-state index contributed by atoms with van der Waals surface area (Å²) in [6.45, 7) is 0. The number of aryl methyl sites for hydroxylation is 1. The van der Waals surface area contributed by atoms with Crippen LogP contribution in [0.3, 0.4) is 0 Å². The lowest BCUT2D eigenvalue weighted by Crippen LogP contribution is -2.09. The number of halogens is 1. The number of alkyl halides is 1. The normalized spacial score (nSPS) is 11.3. The highest BCUT2D eigenvalue weighted by Gasteiger charge is 2.02. The van der Waals surface area contributed by atoms with Gasteiger partial charge in [0, 0.05) is 11.6 Å². The van der Waals surface area contributed by atoms with Crippen LogP contribution in [0.1, 0.15) is 12.0 Å². The van der Waals surface area contributed by atoms with Crippen molar-refractivity contribution in [2.24, 2.45) is 0 Å². The highest BCUT2D eigenvalue weighted by atomic mass is 35.5. The molecule has 0 radical (unpaired) electrons. The average molecular weight is 248 g/mol. The van der Waals surface area contributed by atoms with Crippen LogP contribution < -0.4 is 4.72 Å². The highest BCUT2D eigenvalue weighted by Crippen LogP contribution is 2.13. The third-order valence-corrected chi connectivity index (χ3v) is 2.70. The van der Waals surface area contributed by atoms with E-state index in [1.165, 1.54) is 0 Å². The number of rotatable bonds is 5. The van der Waals surface area contributed by atoms with E-state index in [0.717, 1.165) is 24.7 Å². The molecule has 0 bridgehead atoms. The Hall–Kier alpha value is -0.740. The lowest BCUT2D eigenvalue weighted by molar-refractivity contribution is 0.607. The van der Waals surface area contributed by atoms with Crippen molar-refractivity contribution in [2.75, 3.05) is 16.9 Å². The second-order valence-corrected chi connectivity index (χ2v) is 5.49. The first kappa shape index (κ1) is 12.3. The van der Waals surface area contributed by atoms with Crippen LogP contribution in [0.5, 0.6) is 0 Å². The number of nitrogens with one attached hydrogen (secondary N) is 1. The predicted octanol–water partition coefficient (Wildman–Crippen LogP) is 2.23. The molecule has 0 atom stereocenters. The number of hydrogen-bond acceptors (Lipinski definition) is 2. The first-order chi connectivity index (χ1) is 7.01. The maximum atomic E-state index is 11.0. The van der Waals surface area contributed by atoms with Crippen molar-refractivity contribution in [3.63, 3.8) is 0 Å². The molecule has 0 aliphatic heterocycles. The van der Waals surface area contributed by atoms with Gasteiger partial charge in [-0.2, -0.15) is 0 Å². The minimum Gasteiger partial charge on any atom is -0.284 e. The highest BCUT2D eigenvalue weighted by molar-refractivity contribution is 7.92. The summed E-state index contributed by atoms with van der Waals surface area (Å²) >= 11 is 5.59. The standard InChI is InChI=1S/C10H14ClNO2S/c1-15(13,14)12-10-6-2-4-9(8-10)5-3-7-11/h2,4,6,8,12H,3,5,7H2,1H3. The molecule has 0 spiro atoms. The summed E-state index contributed by atoms with van der Waals surface area (Å²) in [4.78, 5) is 0. The number of benzene rings is 1. The lowest BCUT2D eigenvalue weighted by Gasteiger charge is -2.05. The Labute approximate surface area is 95.5 Å². The molecular formula is C10H14ClNO2S. The Bertz CT molecular complexity index is 417. The predicted molar refractivity (Wildman–Crippen MR) is 63.9 cm³/mol. The fraction of sp³-hybridized carbons (Fsp3) is 0.400. The van der Waals surface area contributed by atoms with Crippen LogP contribution in [0.15, 0.2) is 24.3 Å². The Morgan fingerprint density at radius 1 is 1.40 bits per heavy atom. The zero-order valence-corrected chi connectivity index (χ0v) is 10.1. The molecule has 0 aliphatic carbocycles. The van der Waals surface area contributed by atoms with Gasteiger partial charge in [0.1, 0.15) is 0 Å². The van der Waals surface area contributed by atoms with Gasteiger partial charge in [-0.3, -0.25) is 4.72 Å². The summed E-state index contributed by atoms with van der Waals surface area (Å²) in [5.74, 6) is 0.615. The van der Waals surface area contributed by atoms with Crippen LogP contribution in [0.25, 0.3) is 0 Å². The first-order valence-electron chi connectivity index (χ1n) is 4.64. The summed E-state index contributed by atoms with van der Waals surface area (Å²) in [6.07, 6.45) is 2.89. The minimum atomic E-state index is -3.19. The fourth-order valence-electron chi connectivity index (χ4n) is 1.28. The SMILES string of the molecule is CS(=O)(=O)Nc1cccc(CCCCl)c1. The van der Waals surface area contributed by atoms with Gasteiger partial charge in [0.15, 0.2) is 0 Å². The second-order valence-electron chi connectivity index (χ2n) is 3.37. The molecule has 1 aromatic rings. The van der Waals surface area contributed by atoms with Gasteiger partial charge in [0.25, 0.3) is 0 Å². The Balaban J connectivity index is 2.74. The summed E-state index contributed by atoms with van der Waals surface area (Å²) in [5.41, 5.74) is 1.69. The van der Waals surface area contributed by atoms with Crippen molar-refractivity contribution in [3.05, 3.63) is 29.8 Å². The van der Waals surface area contributed by atoms with Gasteiger partial charge in [0.2, 0.25) is 10.0 Å². The topological polar surface area (TPSA) is 46.2 Å². The number of hydrogen-bond donors (Lipinski definition) is 1. The molecular weight excluding hydrogens is 234 g/mol. The van der Waals surface area contributed by atoms with E-state index in [0.29, 0.717) is 11.6 Å². The molecule has 84 valence electrons. The van der Waals surface area contributed by atoms with Crippen molar-refractivity contribution in [3.8, 4) is 0 Å². The summed E-state index contributed by atoms with van der Waals surface area (Å²) in [5, 5.41) is 0. The molecule has 3 nitrogen and oxygen atoms in total. The van der Waals surface area contributed by atoms with E-state index >= 15 is 0 Å². The van der Waals surface area contributed by atoms with Gasteiger partial charge in [-0.05, 0) is 30.5 Å². The molecule has 0 amide bonds. The molecule has 0 fully saturated rings. The molecule has 0 saturated heterocycles. The van der Waals surface area contributed by atoms with Crippen molar-refractivity contribution >= 4 is 27.3 Å². The number of sulfonamides is 1. The molecule has 0 aliphatic rings. The zero-order chi connectivity index (χ0) is 11.3. The lowest BCUT2D eigenvalue weighted by atomic mass is 10.1. The molecule has 1 aromatic carbocycles. The van der Waals surface area contributed by atoms with Gasteiger partial charge < -0.3 is 0 Å². The first-order valence-corrected chi connectivity index (χ1v) is 7.06. The molecule has 0 saturated carbocycles. The molecule has 0 heterocycles. The maximum absolute atomic E-state index is 11.0. The van der Waals surface area contributed by atoms with Crippen LogP contribution in [0.2, 0.25) is 0 Å². The monoisotopic (exact) mass is 247 g/mol. The quantitative estimate of drug-likeness (QED) is 0.811. The van der Waals surface area contributed by atoms with Crippen LogP contribution in [-0.2, 0) is 16.4 Å². The number of anilines is 1. The Kier molecular flexibility index (Phi) is 4.42. The van der Waals surface area contributed by atoms with Crippen LogP contribution >= 0.6 is 11.6 Å². The van der Waals surface area contributed by atoms with Gasteiger partial charge in [-0.15, -0.1) is 11.6 Å². The molecule has 5 heteroatoms. The van der Waals surface area contributed by atoms with Gasteiger partial charge in [-0.25, -0.2) is 8.42 Å². The minimum absolute atomic E-state index is 0.601. The smallest absolute Gasteiger partial charge is 0.229 e. The zero-order valence-electron chi connectivity index (χ0n) is 8.53. The summed E-state index contributed by atoms with van der Waals surface area (Å²) in [6, 6.07) is 7.34. The molecule has 0 aromatic heterocycles. The van der Waals surface area contributed by atoms with Gasteiger partial charge in [-0.1, -0.05) is 12.1 Å². The summed E-state index contributed by atoms with van der Waals surface area (Å²) in [7, 11) is -3.19. The van der Waals surface area contributed by atoms with E-state index in [2.05, 4.69) is 4.72 Å². The maximum Gasteiger partial charge on any atom is 0.229 e. The van der Waals surface area contributed by atoms with E-state index in [1.807, 2.05) is 18.2 Å². The van der Waals surface area contributed by atoms with E-state index in [1.54, 1.807) is 6.07 Å². The third-order valence-electron chi connectivity index (χ3n) is 1.83. The van der Waals surface area contributed by atoms with E-state index in [4.69, 9.17) is 11.6 Å². The van der Waals surface area contributed by atoms with Crippen LogP contribution in [0, 0.1) is 0 Å². The largest absolute Gasteiger partial charge is 0.284 e. The molecule has 1 N–H and O–H groups in total. The van der Waals surface area contributed by atoms with Crippen molar-refractivity contribution in [1.29, 1.82) is 0 Å². The van der Waals surface area contributed by atoms with E-state index < -0.39 is 10.0 Å². The van der Waals surface area contributed by atoms with Gasteiger partial charge in [0.05, 0.1) is 6.26 Å². The van der Waals surface area contributed by atoms with Crippen molar-refractivity contribution in [1.82, 2.24) is 0 Å². The summed E-state index contributed by atoms with van der Waals surface area (Å²) < 4.78 is 24.4. The van der Waals surface area contributed by atoms with Crippen LogP contribution in [-0.4, -0.2) is 20.6 Å².